The highest BCUT2D eigenvalue weighted by Crippen LogP contribution is 2.01. The monoisotopic (exact) mass is 216 g/mol. The molecule has 5 nitrogen and oxygen atoms in total. The molecule has 0 aromatic rings. The van der Waals surface area contributed by atoms with Crippen molar-refractivity contribution in [1.29, 1.82) is 0 Å². The van der Waals surface area contributed by atoms with E-state index in [0.29, 0.717) is 0 Å². The maximum atomic E-state index is 11.6. The number of hydrogen-bond acceptors (Lipinski definition) is 4. The van der Waals surface area contributed by atoms with E-state index in [-0.39, 0.29) is 25.7 Å². The number of piperazine rings is 1. The van der Waals surface area contributed by atoms with Gasteiger partial charge in [0.05, 0.1) is 13.2 Å². The van der Waals surface area contributed by atoms with Crippen LogP contribution < -0.4 is 0 Å². The zero-order valence-electron chi connectivity index (χ0n) is 9.31. The SMILES string of the molecule is CCN1CCN(C(=O)COCCO)CC1. The van der Waals surface area contributed by atoms with Crippen molar-refractivity contribution in [2.45, 2.75) is 6.92 Å². The summed E-state index contributed by atoms with van der Waals surface area (Å²) >= 11 is 0. The van der Waals surface area contributed by atoms with Crippen LogP contribution in [0.1, 0.15) is 6.92 Å². The molecule has 1 heterocycles. The highest BCUT2D eigenvalue weighted by Gasteiger charge is 2.19. The standard InChI is InChI=1S/C10H20N2O3/c1-2-11-3-5-12(6-4-11)10(14)9-15-8-7-13/h13H,2-9H2,1H3. The van der Waals surface area contributed by atoms with Gasteiger partial charge in [0.1, 0.15) is 6.61 Å². The second-order valence-corrected chi connectivity index (χ2v) is 3.59. The highest BCUT2D eigenvalue weighted by molar-refractivity contribution is 5.77. The molecule has 1 rings (SSSR count). The van der Waals surface area contributed by atoms with Crippen LogP contribution in [0, 0.1) is 0 Å². The third-order valence-corrected chi connectivity index (χ3v) is 2.63. The molecule has 0 spiro atoms. The molecular formula is C10H20N2O3. The summed E-state index contributed by atoms with van der Waals surface area (Å²) in [7, 11) is 0. The first-order valence-electron chi connectivity index (χ1n) is 5.46. The minimum Gasteiger partial charge on any atom is -0.394 e. The average molecular weight is 216 g/mol. The van der Waals surface area contributed by atoms with E-state index in [1.54, 1.807) is 0 Å². The Balaban J connectivity index is 2.18. The van der Waals surface area contributed by atoms with Gasteiger partial charge in [-0.2, -0.15) is 0 Å². The van der Waals surface area contributed by atoms with Crippen molar-refractivity contribution >= 4 is 5.91 Å². The Morgan fingerprint density at radius 1 is 1.33 bits per heavy atom. The summed E-state index contributed by atoms with van der Waals surface area (Å²) in [6.45, 7) is 6.93. The van der Waals surface area contributed by atoms with Crippen molar-refractivity contribution < 1.29 is 14.6 Å². The number of hydrogen-bond donors (Lipinski definition) is 1. The number of carbonyl (C=O) groups is 1. The Bertz CT molecular complexity index is 191. The zero-order valence-corrected chi connectivity index (χ0v) is 9.31. The van der Waals surface area contributed by atoms with Gasteiger partial charge in [-0.05, 0) is 6.54 Å². The maximum absolute atomic E-state index is 11.6. The molecule has 1 fully saturated rings. The van der Waals surface area contributed by atoms with E-state index in [1.165, 1.54) is 0 Å². The minimum atomic E-state index is -0.0309. The predicted octanol–water partition coefficient (Wildman–Crippen LogP) is -0.841. The topological polar surface area (TPSA) is 53.0 Å². The van der Waals surface area contributed by atoms with Gasteiger partial charge in [-0.3, -0.25) is 4.79 Å². The van der Waals surface area contributed by atoms with Crippen molar-refractivity contribution in [3.8, 4) is 0 Å². The number of aliphatic hydroxyl groups excluding tert-OH is 1. The Kier molecular flexibility index (Phi) is 5.60. The molecule has 0 aliphatic carbocycles. The number of rotatable bonds is 5. The van der Waals surface area contributed by atoms with Crippen molar-refractivity contribution in [2.24, 2.45) is 0 Å². The van der Waals surface area contributed by atoms with Crippen LogP contribution >= 0.6 is 0 Å². The Morgan fingerprint density at radius 3 is 2.53 bits per heavy atom. The highest BCUT2D eigenvalue weighted by atomic mass is 16.5. The first kappa shape index (κ1) is 12.4. The molecule has 0 aromatic carbocycles. The second kappa shape index (κ2) is 6.76. The lowest BCUT2D eigenvalue weighted by atomic mass is 10.3. The van der Waals surface area contributed by atoms with E-state index in [1.807, 2.05) is 4.90 Å². The molecular weight excluding hydrogens is 196 g/mol. The fraction of sp³-hybridized carbons (Fsp3) is 0.900. The van der Waals surface area contributed by atoms with Crippen LogP contribution in [0.3, 0.4) is 0 Å². The molecule has 1 N–H and O–H groups in total. The number of amides is 1. The van der Waals surface area contributed by atoms with E-state index in [0.717, 1.165) is 32.7 Å². The van der Waals surface area contributed by atoms with Crippen molar-refractivity contribution in [2.75, 3.05) is 52.5 Å². The number of likely N-dealkylation sites (N-methyl/N-ethyl adjacent to an activating group) is 1. The Hall–Kier alpha value is -0.650. The van der Waals surface area contributed by atoms with Crippen LogP contribution in [0.4, 0.5) is 0 Å². The molecule has 0 atom stereocenters. The molecule has 0 saturated carbocycles. The fourth-order valence-corrected chi connectivity index (χ4v) is 1.63. The van der Waals surface area contributed by atoms with Crippen LogP contribution in [-0.2, 0) is 9.53 Å². The smallest absolute Gasteiger partial charge is 0.248 e. The van der Waals surface area contributed by atoms with Gasteiger partial charge in [-0.15, -0.1) is 0 Å². The molecule has 0 bridgehead atoms. The van der Waals surface area contributed by atoms with E-state index >= 15 is 0 Å². The normalized spacial score (nSPS) is 18.1. The average Bonchev–Trinajstić information content (AvgIpc) is 2.29. The Morgan fingerprint density at radius 2 is 2.00 bits per heavy atom. The fourth-order valence-electron chi connectivity index (χ4n) is 1.63. The first-order chi connectivity index (χ1) is 7.27. The minimum absolute atomic E-state index is 0.0270. The van der Waals surface area contributed by atoms with Crippen LogP contribution in [0.25, 0.3) is 0 Å². The van der Waals surface area contributed by atoms with Gasteiger partial charge >= 0.3 is 0 Å². The summed E-state index contributed by atoms with van der Waals surface area (Å²) < 4.78 is 5.00. The van der Waals surface area contributed by atoms with Gasteiger partial charge in [0.2, 0.25) is 5.91 Å². The molecule has 1 aliphatic rings. The van der Waals surface area contributed by atoms with Gasteiger partial charge < -0.3 is 19.6 Å². The molecule has 1 saturated heterocycles. The number of carbonyl (C=O) groups excluding carboxylic acids is 1. The van der Waals surface area contributed by atoms with E-state index in [4.69, 9.17) is 9.84 Å². The van der Waals surface area contributed by atoms with Gasteiger partial charge in [0.15, 0.2) is 0 Å². The maximum Gasteiger partial charge on any atom is 0.248 e. The molecule has 1 amide bonds. The third kappa shape index (κ3) is 4.15. The van der Waals surface area contributed by atoms with Crippen LogP contribution in [0.5, 0.6) is 0 Å². The lowest BCUT2D eigenvalue weighted by molar-refractivity contribution is -0.138. The lowest BCUT2D eigenvalue weighted by Gasteiger charge is -2.33. The molecule has 0 unspecified atom stereocenters. The summed E-state index contributed by atoms with van der Waals surface area (Å²) in [5.74, 6) is 0.0270. The van der Waals surface area contributed by atoms with Gasteiger partial charge in [0.25, 0.3) is 0 Å². The van der Waals surface area contributed by atoms with Crippen molar-refractivity contribution in [3.05, 3.63) is 0 Å². The van der Waals surface area contributed by atoms with E-state index in [2.05, 4.69) is 11.8 Å². The summed E-state index contributed by atoms with van der Waals surface area (Å²) in [4.78, 5) is 15.7. The van der Waals surface area contributed by atoms with Gasteiger partial charge in [0, 0.05) is 26.2 Å². The molecule has 15 heavy (non-hydrogen) atoms. The largest absolute Gasteiger partial charge is 0.394 e. The quantitative estimate of drug-likeness (QED) is 0.609. The van der Waals surface area contributed by atoms with Crippen LogP contribution in [0.2, 0.25) is 0 Å². The van der Waals surface area contributed by atoms with Crippen LogP contribution in [0.15, 0.2) is 0 Å². The zero-order chi connectivity index (χ0) is 11.1. The van der Waals surface area contributed by atoms with Crippen LogP contribution in [-0.4, -0.2) is 73.4 Å². The summed E-state index contributed by atoms with van der Waals surface area (Å²) in [5.41, 5.74) is 0. The van der Waals surface area contributed by atoms with Gasteiger partial charge in [-0.25, -0.2) is 0 Å². The molecule has 88 valence electrons. The lowest BCUT2D eigenvalue weighted by Crippen LogP contribution is -2.49. The summed E-state index contributed by atoms with van der Waals surface area (Å²) in [5, 5.41) is 8.50. The summed E-state index contributed by atoms with van der Waals surface area (Å²) in [6.07, 6.45) is 0. The third-order valence-electron chi connectivity index (χ3n) is 2.63. The molecule has 1 aliphatic heterocycles. The Labute approximate surface area is 90.6 Å². The molecule has 5 heteroatoms. The number of aliphatic hydroxyl groups is 1. The van der Waals surface area contributed by atoms with Crippen molar-refractivity contribution in [1.82, 2.24) is 9.80 Å². The van der Waals surface area contributed by atoms with Crippen molar-refractivity contribution in [3.63, 3.8) is 0 Å². The number of ether oxygens (including phenoxy) is 1. The molecule has 0 aromatic heterocycles. The van der Waals surface area contributed by atoms with E-state index in [9.17, 15) is 4.79 Å². The van der Waals surface area contributed by atoms with E-state index < -0.39 is 0 Å². The first-order valence-corrected chi connectivity index (χ1v) is 5.46. The predicted molar refractivity (Wildman–Crippen MR) is 56.6 cm³/mol. The summed E-state index contributed by atoms with van der Waals surface area (Å²) in [6, 6.07) is 0. The van der Waals surface area contributed by atoms with Gasteiger partial charge in [-0.1, -0.05) is 6.92 Å². The number of nitrogens with zero attached hydrogens (tertiary/aromatic N) is 2. The second-order valence-electron chi connectivity index (χ2n) is 3.59. The molecule has 0 radical (unpaired) electrons.